The lowest BCUT2D eigenvalue weighted by molar-refractivity contribution is 0.0600. The van der Waals surface area contributed by atoms with Gasteiger partial charge in [0, 0.05) is 5.56 Å². The van der Waals surface area contributed by atoms with E-state index in [1.54, 1.807) is 43.5 Å². The third-order valence-corrected chi connectivity index (χ3v) is 4.94. The molecule has 1 N–H and O–H groups in total. The van der Waals surface area contributed by atoms with Crippen molar-refractivity contribution in [3.63, 3.8) is 0 Å². The smallest absolute Gasteiger partial charge is 0.337 e. The van der Waals surface area contributed by atoms with Crippen molar-refractivity contribution < 1.29 is 19.4 Å². The van der Waals surface area contributed by atoms with Crippen LogP contribution < -0.4 is 4.74 Å². The SMILES string of the molecule is COC(=O)c1ccc(-c2nc(-c3ccc(C)cc3O)nc(-c3ccccc3OC)n2)cc1. The minimum Gasteiger partial charge on any atom is -0.507 e. The van der Waals surface area contributed by atoms with E-state index >= 15 is 0 Å². The van der Waals surface area contributed by atoms with E-state index in [-0.39, 0.29) is 5.75 Å². The molecule has 7 nitrogen and oxygen atoms in total. The van der Waals surface area contributed by atoms with Crippen molar-refractivity contribution in [3.8, 4) is 45.7 Å². The van der Waals surface area contributed by atoms with E-state index in [0.717, 1.165) is 5.56 Å². The minimum atomic E-state index is -0.424. The first-order valence-electron chi connectivity index (χ1n) is 9.88. The van der Waals surface area contributed by atoms with Crippen molar-refractivity contribution in [2.45, 2.75) is 6.92 Å². The van der Waals surface area contributed by atoms with E-state index < -0.39 is 5.97 Å². The number of methoxy groups -OCH3 is 2. The van der Waals surface area contributed by atoms with Crippen molar-refractivity contribution in [1.82, 2.24) is 15.0 Å². The highest BCUT2D eigenvalue weighted by molar-refractivity contribution is 5.89. The van der Waals surface area contributed by atoms with Gasteiger partial charge in [-0.2, -0.15) is 0 Å². The normalized spacial score (nSPS) is 10.6. The molecule has 1 heterocycles. The molecule has 0 spiro atoms. The van der Waals surface area contributed by atoms with Gasteiger partial charge in [0.2, 0.25) is 0 Å². The largest absolute Gasteiger partial charge is 0.507 e. The summed E-state index contributed by atoms with van der Waals surface area (Å²) in [5.41, 5.74) is 3.21. The maximum atomic E-state index is 11.8. The fourth-order valence-corrected chi connectivity index (χ4v) is 3.28. The summed E-state index contributed by atoms with van der Waals surface area (Å²) >= 11 is 0. The zero-order valence-electron chi connectivity index (χ0n) is 17.9. The number of esters is 1. The summed E-state index contributed by atoms with van der Waals surface area (Å²) in [6.45, 7) is 1.89. The second-order valence-electron chi connectivity index (χ2n) is 7.10. The van der Waals surface area contributed by atoms with E-state index in [2.05, 4.69) is 15.0 Å². The van der Waals surface area contributed by atoms with Gasteiger partial charge in [0.15, 0.2) is 17.5 Å². The Bertz CT molecular complexity index is 1290. The maximum absolute atomic E-state index is 11.8. The number of benzene rings is 3. The van der Waals surface area contributed by atoms with Crippen LogP contribution in [0.1, 0.15) is 15.9 Å². The van der Waals surface area contributed by atoms with Gasteiger partial charge < -0.3 is 14.6 Å². The van der Waals surface area contributed by atoms with Gasteiger partial charge in [-0.05, 0) is 48.9 Å². The van der Waals surface area contributed by atoms with Gasteiger partial charge in [0.05, 0.1) is 30.9 Å². The van der Waals surface area contributed by atoms with Crippen LogP contribution in [0.25, 0.3) is 34.2 Å². The predicted molar refractivity (Wildman–Crippen MR) is 120 cm³/mol. The second kappa shape index (κ2) is 8.85. The molecule has 0 aliphatic rings. The van der Waals surface area contributed by atoms with E-state index in [1.165, 1.54) is 7.11 Å². The van der Waals surface area contributed by atoms with Crippen molar-refractivity contribution in [3.05, 3.63) is 77.9 Å². The number of hydrogen-bond acceptors (Lipinski definition) is 7. The average molecular weight is 427 g/mol. The lowest BCUT2D eigenvalue weighted by atomic mass is 10.1. The van der Waals surface area contributed by atoms with Gasteiger partial charge >= 0.3 is 5.97 Å². The summed E-state index contributed by atoms with van der Waals surface area (Å²) in [5, 5.41) is 10.5. The Morgan fingerprint density at radius 2 is 1.47 bits per heavy atom. The maximum Gasteiger partial charge on any atom is 0.337 e. The molecule has 0 unspecified atom stereocenters. The van der Waals surface area contributed by atoms with Crippen LogP contribution in [0.4, 0.5) is 0 Å². The summed E-state index contributed by atoms with van der Waals surface area (Å²) in [6, 6.07) is 19.5. The molecule has 0 radical (unpaired) electrons. The highest BCUT2D eigenvalue weighted by Crippen LogP contribution is 2.33. The van der Waals surface area contributed by atoms with Gasteiger partial charge in [-0.3, -0.25) is 0 Å². The Balaban J connectivity index is 1.90. The number of phenolic OH excluding ortho intramolecular Hbond substituents is 1. The molecular weight excluding hydrogens is 406 g/mol. The fourth-order valence-electron chi connectivity index (χ4n) is 3.28. The molecular formula is C25H21N3O4. The van der Waals surface area contributed by atoms with Crippen LogP contribution >= 0.6 is 0 Å². The molecule has 7 heteroatoms. The molecule has 0 amide bonds. The quantitative estimate of drug-likeness (QED) is 0.462. The van der Waals surface area contributed by atoms with Crippen molar-refractivity contribution >= 4 is 5.97 Å². The van der Waals surface area contributed by atoms with E-state index in [4.69, 9.17) is 9.47 Å². The van der Waals surface area contributed by atoms with Crippen LogP contribution in [0.15, 0.2) is 66.7 Å². The summed E-state index contributed by atoms with van der Waals surface area (Å²) in [6.07, 6.45) is 0. The van der Waals surface area contributed by atoms with E-state index in [1.807, 2.05) is 37.3 Å². The topological polar surface area (TPSA) is 94.4 Å². The molecule has 32 heavy (non-hydrogen) atoms. The van der Waals surface area contributed by atoms with Crippen molar-refractivity contribution in [2.75, 3.05) is 14.2 Å². The molecule has 160 valence electrons. The molecule has 3 aromatic carbocycles. The van der Waals surface area contributed by atoms with Gasteiger partial charge in [-0.25, -0.2) is 19.7 Å². The minimum absolute atomic E-state index is 0.0779. The third-order valence-electron chi connectivity index (χ3n) is 4.94. The first-order chi connectivity index (χ1) is 15.5. The van der Waals surface area contributed by atoms with E-state index in [9.17, 15) is 9.90 Å². The number of carbonyl (C=O) groups excluding carboxylic acids is 1. The Hall–Kier alpha value is -4.26. The highest BCUT2D eigenvalue weighted by Gasteiger charge is 2.17. The Labute approximate surface area is 185 Å². The Morgan fingerprint density at radius 1 is 0.812 bits per heavy atom. The van der Waals surface area contributed by atoms with Gasteiger partial charge in [-0.15, -0.1) is 0 Å². The molecule has 0 fully saturated rings. The van der Waals surface area contributed by atoms with E-state index in [0.29, 0.717) is 45.5 Å². The molecule has 0 bridgehead atoms. The zero-order chi connectivity index (χ0) is 22.7. The number of aromatic hydroxyl groups is 1. The standard InChI is InChI=1S/C25H21N3O4/c1-15-8-13-18(20(29)14-15)23-26-22(16-9-11-17(12-10-16)25(30)32-3)27-24(28-23)19-6-4-5-7-21(19)31-2/h4-14,29H,1-3H3. The van der Waals surface area contributed by atoms with Gasteiger partial charge in [0.25, 0.3) is 0 Å². The molecule has 0 atom stereocenters. The molecule has 0 saturated carbocycles. The Morgan fingerprint density at radius 3 is 2.12 bits per heavy atom. The molecule has 1 aromatic heterocycles. The average Bonchev–Trinajstić information content (AvgIpc) is 2.83. The molecule has 4 aromatic rings. The third kappa shape index (κ3) is 4.13. The highest BCUT2D eigenvalue weighted by atomic mass is 16.5. The lowest BCUT2D eigenvalue weighted by Crippen LogP contribution is -2.03. The van der Waals surface area contributed by atoms with Crippen LogP contribution in [0.3, 0.4) is 0 Å². The first kappa shape index (κ1) is 21.0. The van der Waals surface area contributed by atoms with Crippen LogP contribution in [0.2, 0.25) is 0 Å². The summed E-state index contributed by atoms with van der Waals surface area (Å²) < 4.78 is 10.2. The number of aromatic nitrogens is 3. The Kier molecular flexibility index (Phi) is 5.81. The number of phenols is 1. The number of nitrogens with zero attached hydrogens (tertiary/aromatic N) is 3. The number of rotatable bonds is 5. The molecule has 0 aliphatic heterocycles. The predicted octanol–water partition coefficient (Wildman–Crippen LogP) is 4.68. The number of carbonyl (C=O) groups is 1. The summed E-state index contributed by atoms with van der Waals surface area (Å²) in [5.74, 6) is 1.39. The second-order valence-corrected chi connectivity index (χ2v) is 7.10. The van der Waals surface area contributed by atoms with Gasteiger partial charge in [-0.1, -0.05) is 30.3 Å². The van der Waals surface area contributed by atoms with Crippen molar-refractivity contribution in [2.24, 2.45) is 0 Å². The van der Waals surface area contributed by atoms with Crippen LogP contribution in [0, 0.1) is 6.92 Å². The van der Waals surface area contributed by atoms with Crippen LogP contribution in [-0.4, -0.2) is 40.2 Å². The summed E-state index contributed by atoms with van der Waals surface area (Å²) in [4.78, 5) is 25.6. The number of para-hydroxylation sites is 1. The zero-order valence-corrected chi connectivity index (χ0v) is 17.9. The van der Waals surface area contributed by atoms with Gasteiger partial charge in [0.1, 0.15) is 11.5 Å². The first-order valence-corrected chi connectivity index (χ1v) is 9.88. The molecule has 0 saturated heterocycles. The molecule has 4 rings (SSSR count). The monoisotopic (exact) mass is 427 g/mol. The lowest BCUT2D eigenvalue weighted by Gasteiger charge is -2.11. The fraction of sp³-hybridized carbons (Fsp3) is 0.120. The van der Waals surface area contributed by atoms with Crippen molar-refractivity contribution in [1.29, 1.82) is 0 Å². The van der Waals surface area contributed by atoms with Crippen LogP contribution in [0.5, 0.6) is 11.5 Å². The number of aryl methyl sites for hydroxylation is 1. The van der Waals surface area contributed by atoms with Crippen LogP contribution in [-0.2, 0) is 4.74 Å². The molecule has 0 aliphatic carbocycles. The summed E-state index contributed by atoms with van der Waals surface area (Å²) in [7, 11) is 2.92. The number of ether oxygens (including phenoxy) is 2. The number of hydrogen-bond donors (Lipinski definition) is 1.